The van der Waals surface area contributed by atoms with Crippen LogP contribution in [-0.2, 0) is 4.79 Å². The Morgan fingerprint density at radius 1 is 1.08 bits per heavy atom. The summed E-state index contributed by atoms with van der Waals surface area (Å²) in [7, 11) is 0. The number of nitrogens with one attached hydrogen (secondary N) is 5. The van der Waals surface area contributed by atoms with E-state index >= 15 is 0 Å². The Morgan fingerprint density at radius 2 is 1.89 bits per heavy atom. The van der Waals surface area contributed by atoms with Gasteiger partial charge in [0.05, 0.1) is 11.1 Å². The topological polar surface area (TPSA) is 137 Å². The molecule has 1 aliphatic rings. The average Bonchev–Trinajstić information content (AvgIpc) is 3.46. The SMILES string of the molecule is CC1NC(C(=O)Nc2nc3c(C(=O)Nc4ncc[nH]4)cccc3[nH]2)=Cc2cc(OC(F)(F)F)ccc21. The molecule has 5 rings (SSSR count). The van der Waals surface area contributed by atoms with Crippen LogP contribution in [0.2, 0.25) is 0 Å². The van der Waals surface area contributed by atoms with Crippen LogP contribution in [0, 0.1) is 0 Å². The summed E-state index contributed by atoms with van der Waals surface area (Å²) in [5, 5.41) is 8.26. The van der Waals surface area contributed by atoms with Gasteiger partial charge in [0, 0.05) is 18.4 Å². The summed E-state index contributed by atoms with van der Waals surface area (Å²) >= 11 is 0. The lowest BCUT2D eigenvalue weighted by atomic mass is 9.96. The number of halogens is 3. The van der Waals surface area contributed by atoms with Crippen molar-refractivity contribution in [3.8, 4) is 5.75 Å². The van der Waals surface area contributed by atoms with E-state index in [4.69, 9.17) is 0 Å². The Hall–Kier alpha value is -4.81. The van der Waals surface area contributed by atoms with E-state index in [1.54, 1.807) is 31.3 Å². The van der Waals surface area contributed by atoms with Gasteiger partial charge in [-0.2, -0.15) is 0 Å². The van der Waals surface area contributed by atoms with E-state index in [1.807, 2.05) is 0 Å². The van der Waals surface area contributed by atoms with E-state index in [0.29, 0.717) is 22.2 Å². The first-order chi connectivity index (χ1) is 17.2. The number of hydrogen-bond acceptors (Lipinski definition) is 6. The molecule has 36 heavy (non-hydrogen) atoms. The highest BCUT2D eigenvalue weighted by Gasteiger charge is 2.32. The molecule has 2 aromatic carbocycles. The number of rotatable bonds is 5. The van der Waals surface area contributed by atoms with Crippen LogP contribution in [-0.4, -0.2) is 38.1 Å². The summed E-state index contributed by atoms with van der Waals surface area (Å²) in [6.45, 7) is 1.77. The number of anilines is 2. The average molecular weight is 497 g/mol. The molecule has 0 aliphatic carbocycles. The molecule has 0 bridgehead atoms. The lowest BCUT2D eigenvalue weighted by molar-refractivity contribution is -0.274. The summed E-state index contributed by atoms with van der Waals surface area (Å²) in [6.07, 6.45) is -0.337. The van der Waals surface area contributed by atoms with E-state index in [-0.39, 0.29) is 34.9 Å². The number of aromatic amines is 2. The van der Waals surface area contributed by atoms with Crippen molar-refractivity contribution in [3.63, 3.8) is 0 Å². The molecule has 0 saturated heterocycles. The number of aromatic nitrogens is 4. The van der Waals surface area contributed by atoms with E-state index in [9.17, 15) is 22.8 Å². The van der Waals surface area contributed by atoms with Gasteiger partial charge >= 0.3 is 6.36 Å². The maximum atomic E-state index is 12.9. The number of H-pyrrole nitrogens is 2. The molecule has 1 unspecified atom stereocenters. The van der Waals surface area contributed by atoms with Crippen molar-refractivity contribution in [2.75, 3.05) is 10.6 Å². The minimum absolute atomic E-state index is 0.0866. The molecule has 2 aromatic heterocycles. The fourth-order valence-corrected chi connectivity index (χ4v) is 3.87. The predicted molar refractivity (Wildman–Crippen MR) is 124 cm³/mol. The first kappa shape index (κ1) is 23.0. The first-order valence-corrected chi connectivity index (χ1v) is 10.6. The number of amides is 2. The highest BCUT2D eigenvalue weighted by Crippen LogP contribution is 2.32. The van der Waals surface area contributed by atoms with Gasteiger partial charge in [0.2, 0.25) is 11.9 Å². The van der Waals surface area contributed by atoms with Gasteiger partial charge in [-0.25, -0.2) is 9.97 Å². The normalized spacial score (nSPS) is 15.0. The molecule has 0 spiro atoms. The van der Waals surface area contributed by atoms with E-state index in [0.717, 1.165) is 0 Å². The second-order valence-electron chi connectivity index (χ2n) is 7.90. The van der Waals surface area contributed by atoms with Crippen molar-refractivity contribution >= 4 is 40.8 Å². The van der Waals surface area contributed by atoms with Crippen LogP contribution in [0.5, 0.6) is 5.75 Å². The van der Waals surface area contributed by atoms with Gasteiger partial charge in [-0.3, -0.25) is 20.2 Å². The second-order valence-corrected chi connectivity index (χ2v) is 7.90. The van der Waals surface area contributed by atoms with Crippen LogP contribution in [0.3, 0.4) is 0 Å². The van der Waals surface area contributed by atoms with Crippen LogP contribution in [0.4, 0.5) is 25.1 Å². The highest BCUT2D eigenvalue weighted by molar-refractivity contribution is 6.12. The Balaban J connectivity index is 1.38. The number of carbonyl (C=O) groups excluding carboxylic acids is 2. The van der Waals surface area contributed by atoms with Crippen molar-refractivity contribution in [1.29, 1.82) is 0 Å². The van der Waals surface area contributed by atoms with Crippen molar-refractivity contribution in [2.24, 2.45) is 0 Å². The Bertz CT molecular complexity index is 1490. The second kappa shape index (κ2) is 8.76. The third kappa shape index (κ3) is 4.71. The van der Waals surface area contributed by atoms with Crippen LogP contribution in [0.15, 0.2) is 54.5 Å². The number of carbonyl (C=O) groups is 2. The fourth-order valence-electron chi connectivity index (χ4n) is 3.87. The summed E-state index contributed by atoms with van der Waals surface area (Å²) in [6, 6.07) is 8.54. The molecule has 0 saturated carbocycles. The molecular weight excluding hydrogens is 479 g/mol. The number of para-hydroxylation sites is 1. The van der Waals surface area contributed by atoms with Gasteiger partial charge in [0.1, 0.15) is 17.0 Å². The Morgan fingerprint density at radius 3 is 2.64 bits per heavy atom. The summed E-state index contributed by atoms with van der Waals surface area (Å²) in [5.74, 6) is -1.05. The van der Waals surface area contributed by atoms with Gasteiger partial charge in [-0.1, -0.05) is 12.1 Å². The third-order valence-electron chi connectivity index (χ3n) is 5.39. The number of fused-ring (bicyclic) bond motifs is 2. The number of ether oxygens (including phenoxy) is 1. The van der Waals surface area contributed by atoms with Gasteiger partial charge in [-0.15, -0.1) is 13.2 Å². The van der Waals surface area contributed by atoms with Crippen molar-refractivity contribution in [2.45, 2.75) is 19.3 Å². The van der Waals surface area contributed by atoms with Gasteiger partial charge < -0.3 is 20.0 Å². The number of alkyl halides is 3. The van der Waals surface area contributed by atoms with Gasteiger partial charge in [-0.05, 0) is 48.4 Å². The van der Waals surface area contributed by atoms with Gasteiger partial charge in [0.15, 0.2) is 0 Å². The maximum Gasteiger partial charge on any atom is 0.573 e. The summed E-state index contributed by atoms with van der Waals surface area (Å²) in [4.78, 5) is 39.6. The Kier molecular flexibility index (Phi) is 5.59. The smallest absolute Gasteiger partial charge is 0.406 e. The highest BCUT2D eigenvalue weighted by atomic mass is 19.4. The molecule has 5 N–H and O–H groups in total. The molecule has 0 radical (unpaired) electrons. The number of imidazole rings is 2. The van der Waals surface area contributed by atoms with Crippen molar-refractivity contribution in [1.82, 2.24) is 25.3 Å². The van der Waals surface area contributed by atoms with Crippen LogP contribution < -0.4 is 20.7 Å². The quantitative estimate of drug-likeness (QED) is 0.282. The molecule has 4 aromatic rings. The zero-order valence-electron chi connectivity index (χ0n) is 18.5. The summed E-state index contributed by atoms with van der Waals surface area (Å²) < 4.78 is 41.8. The number of benzene rings is 2. The van der Waals surface area contributed by atoms with E-state index in [1.165, 1.54) is 30.5 Å². The monoisotopic (exact) mass is 497 g/mol. The number of nitrogens with zero attached hydrogens (tertiary/aromatic N) is 2. The predicted octanol–water partition coefficient (Wildman–Crippen LogP) is 4.08. The third-order valence-corrected chi connectivity index (χ3v) is 5.39. The molecule has 3 heterocycles. The van der Waals surface area contributed by atoms with E-state index < -0.39 is 18.2 Å². The fraction of sp³-hybridized carbons (Fsp3) is 0.130. The molecule has 1 aliphatic heterocycles. The molecule has 0 fully saturated rings. The first-order valence-electron chi connectivity index (χ1n) is 10.6. The standard InChI is InChI=1S/C23H18F3N7O3/c1-11-14-6-5-13(36-23(24,25)26)9-12(14)10-17(29-11)20(35)33-22-30-16-4-2-3-15(18(16)31-22)19(34)32-21-27-7-8-28-21/h2-11,29H,1H3,(H2,27,28,32,34)(H2,30,31,33,35). The minimum Gasteiger partial charge on any atom is -0.406 e. The summed E-state index contributed by atoms with van der Waals surface area (Å²) in [5.41, 5.74) is 2.34. The largest absolute Gasteiger partial charge is 0.573 e. The molecular formula is C23H18F3N7O3. The van der Waals surface area contributed by atoms with Crippen LogP contribution >= 0.6 is 0 Å². The van der Waals surface area contributed by atoms with E-state index in [2.05, 4.69) is 40.6 Å². The molecule has 1 atom stereocenters. The maximum absolute atomic E-state index is 12.9. The lowest BCUT2D eigenvalue weighted by Crippen LogP contribution is -2.31. The minimum atomic E-state index is -4.83. The van der Waals surface area contributed by atoms with Crippen molar-refractivity contribution < 1.29 is 27.5 Å². The molecule has 184 valence electrons. The van der Waals surface area contributed by atoms with Crippen molar-refractivity contribution in [3.05, 3.63) is 71.2 Å². The lowest BCUT2D eigenvalue weighted by Gasteiger charge is -2.25. The Labute approximate surface area is 201 Å². The van der Waals surface area contributed by atoms with Gasteiger partial charge in [0.25, 0.3) is 11.8 Å². The zero-order chi connectivity index (χ0) is 25.4. The molecule has 2 amide bonds. The molecule has 13 heteroatoms. The van der Waals surface area contributed by atoms with Crippen LogP contribution in [0.25, 0.3) is 17.1 Å². The molecule has 10 nitrogen and oxygen atoms in total. The van der Waals surface area contributed by atoms with Crippen LogP contribution in [0.1, 0.15) is 34.5 Å². The zero-order valence-corrected chi connectivity index (χ0v) is 18.5. The number of hydrogen-bond donors (Lipinski definition) is 5.